The van der Waals surface area contributed by atoms with Gasteiger partial charge in [-0.3, -0.25) is 9.59 Å². The highest BCUT2D eigenvalue weighted by atomic mass is 35.5. The third-order valence-electron chi connectivity index (χ3n) is 2.03. The molecule has 0 bridgehead atoms. The van der Waals surface area contributed by atoms with E-state index in [9.17, 15) is 9.59 Å². The fraction of sp³-hybridized carbons (Fsp3) is 0.400. The summed E-state index contributed by atoms with van der Waals surface area (Å²) in [6.07, 6.45) is 1.70. The second-order valence-corrected chi connectivity index (χ2v) is 3.76. The first-order valence-corrected chi connectivity index (χ1v) is 5.14. The number of carbonyl (C=O) groups is 2. The molecule has 1 aromatic rings. The zero-order chi connectivity index (χ0) is 12.1. The summed E-state index contributed by atoms with van der Waals surface area (Å²) in [7, 11) is 0. The van der Waals surface area contributed by atoms with Gasteiger partial charge in [-0.1, -0.05) is 0 Å². The van der Waals surface area contributed by atoms with Gasteiger partial charge in [-0.2, -0.15) is 0 Å². The van der Waals surface area contributed by atoms with Gasteiger partial charge in [0.1, 0.15) is 0 Å². The Hall–Kier alpha value is -1.49. The average Bonchev–Trinajstić information content (AvgIpc) is 2.61. The summed E-state index contributed by atoms with van der Waals surface area (Å²) in [5.74, 6) is -1.25. The van der Waals surface area contributed by atoms with Gasteiger partial charge < -0.3 is 14.8 Å². The third kappa shape index (κ3) is 3.58. The minimum atomic E-state index is -0.887. The first-order chi connectivity index (χ1) is 7.50. The number of hydrogen-bond acceptors (Lipinski definition) is 3. The van der Waals surface area contributed by atoms with Gasteiger partial charge >= 0.3 is 5.97 Å². The van der Waals surface area contributed by atoms with Crippen molar-refractivity contribution < 1.29 is 19.1 Å². The molecule has 16 heavy (non-hydrogen) atoms. The zero-order valence-corrected chi connectivity index (χ0v) is 9.45. The van der Waals surface area contributed by atoms with Gasteiger partial charge in [0.05, 0.1) is 11.8 Å². The van der Waals surface area contributed by atoms with E-state index in [1.807, 2.05) is 0 Å². The molecule has 1 atom stereocenters. The van der Waals surface area contributed by atoms with Crippen LogP contribution >= 0.6 is 11.6 Å². The quantitative estimate of drug-likeness (QED) is 0.831. The van der Waals surface area contributed by atoms with E-state index in [4.69, 9.17) is 21.1 Å². The molecule has 0 aliphatic rings. The van der Waals surface area contributed by atoms with E-state index in [0.717, 1.165) is 0 Å². The van der Waals surface area contributed by atoms with Crippen LogP contribution in [0.5, 0.6) is 0 Å². The Bertz CT molecular complexity index is 388. The number of carboxylic acids is 1. The molecule has 1 aromatic heterocycles. The van der Waals surface area contributed by atoms with Crippen LogP contribution in [-0.4, -0.2) is 23.0 Å². The van der Waals surface area contributed by atoms with Crippen molar-refractivity contribution in [3.05, 3.63) is 23.1 Å². The first-order valence-electron chi connectivity index (χ1n) is 4.76. The Labute approximate surface area is 97.4 Å². The maximum atomic E-state index is 11.6. The number of nitrogens with one attached hydrogen (secondary N) is 1. The number of furan rings is 1. The van der Waals surface area contributed by atoms with E-state index in [2.05, 4.69) is 5.32 Å². The van der Waals surface area contributed by atoms with Gasteiger partial charge in [-0.25, -0.2) is 0 Å². The average molecular weight is 246 g/mol. The van der Waals surface area contributed by atoms with Gasteiger partial charge in [-0.05, 0) is 31.0 Å². The molecule has 0 aliphatic carbocycles. The summed E-state index contributed by atoms with van der Waals surface area (Å²) in [5.41, 5.74) is 0.254. The van der Waals surface area contributed by atoms with E-state index in [-0.39, 0.29) is 29.2 Å². The van der Waals surface area contributed by atoms with Crippen molar-refractivity contribution in [2.45, 2.75) is 25.8 Å². The van der Waals surface area contributed by atoms with Crippen LogP contribution in [0.3, 0.4) is 0 Å². The van der Waals surface area contributed by atoms with Crippen LogP contribution in [0.4, 0.5) is 0 Å². The smallest absolute Gasteiger partial charge is 0.303 e. The Morgan fingerprint density at radius 2 is 2.31 bits per heavy atom. The molecular formula is C10H12ClNO4. The number of amides is 1. The normalized spacial score (nSPS) is 12.1. The summed E-state index contributed by atoms with van der Waals surface area (Å²) in [5, 5.41) is 11.1. The third-order valence-corrected chi connectivity index (χ3v) is 2.32. The zero-order valence-electron chi connectivity index (χ0n) is 8.70. The lowest BCUT2D eigenvalue weighted by atomic mass is 10.1. The molecule has 1 heterocycles. The molecule has 1 amide bonds. The Morgan fingerprint density at radius 3 is 2.81 bits per heavy atom. The van der Waals surface area contributed by atoms with Gasteiger partial charge in [-0.15, -0.1) is 0 Å². The van der Waals surface area contributed by atoms with Gasteiger partial charge in [0.15, 0.2) is 0 Å². The van der Waals surface area contributed by atoms with Gasteiger partial charge in [0, 0.05) is 12.5 Å². The van der Waals surface area contributed by atoms with Gasteiger partial charge in [0.2, 0.25) is 5.22 Å². The van der Waals surface area contributed by atoms with E-state index in [0.29, 0.717) is 6.42 Å². The van der Waals surface area contributed by atoms with E-state index in [1.165, 1.54) is 12.3 Å². The Balaban J connectivity index is 2.46. The van der Waals surface area contributed by atoms with Crippen LogP contribution in [0.15, 0.2) is 16.7 Å². The molecule has 0 saturated carbocycles. The number of rotatable bonds is 5. The first kappa shape index (κ1) is 12.6. The predicted molar refractivity (Wildman–Crippen MR) is 57.5 cm³/mol. The fourth-order valence-electron chi connectivity index (χ4n) is 1.17. The van der Waals surface area contributed by atoms with Crippen molar-refractivity contribution in [3.8, 4) is 0 Å². The summed E-state index contributed by atoms with van der Waals surface area (Å²) in [4.78, 5) is 21.9. The van der Waals surface area contributed by atoms with Gasteiger partial charge in [0.25, 0.3) is 5.91 Å². The van der Waals surface area contributed by atoms with Crippen LogP contribution in [0.1, 0.15) is 30.1 Å². The van der Waals surface area contributed by atoms with Crippen LogP contribution in [-0.2, 0) is 4.79 Å². The highest BCUT2D eigenvalue weighted by molar-refractivity contribution is 6.32. The molecule has 0 radical (unpaired) electrons. The topological polar surface area (TPSA) is 79.5 Å². The van der Waals surface area contributed by atoms with Crippen LogP contribution in [0.25, 0.3) is 0 Å². The monoisotopic (exact) mass is 245 g/mol. The van der Waals surface area contributed by atoms with Crippen LogP contribution in [0.2, 0.25) is 5.22 Å². The molecule has 5 nitrogen and oxygen atoms in total. The standard InChI is InChI=1S/C10H12ClNO4/c1-6(2-3-8(13)14)12-10(15)7-4-5-16-9(7)11/h4-6H,2-3H2,1H3,(H,12,15)(H,13,14). The van der Waals surface area contributed by atoms with E-state index in [1.54, 1.807) is 6.92 Å². The van der Waals surface area contributed by atoms with Crippen molar-refractivity contribution in [1.82, 2.24) is 5.32 Å². The van der Waals surface area contributed by atoms with Crippen molar-refractivity contribution >= 4 is 23.5 Å². The van der Waals surface area contributed by atoms with Crippen molar-refractivity contribution in [2.24, 2.45) is 0 Å². The summed E-state index contributed by atoms with van der Waals surface area (Å²) < 4.78 is 4.78. The number of carbonyl (C=O) groups excluding carboxylic acids is 1. The van der Waals surface area contributed by atoms with E-state index < -0.39 is 5.97 Å². The van der Waals surface area contributed by atoms with Crippen molar-refractivity contribution in [1.29, 1.82) is 0 Å². The number of carboxylic acid groups (broad SMARTS) is 1. The molecule has 0 aromatic carbocycles. The molecule has 6 heteroatoms. The lowest BCUT2D eigenvalue weighted by molar-refractivity contribution is -0.137. The summed E-state index contributed by atoms with van der Waals surface area (Å²) in [6, 6.07) is 1.23. The SMILES string of the molecule is CC(CCC(=O)O)NC(=O)c1ccoc1Cl. The maximum Gasteiger partial charge on any atom is 0.303 e. The Kier molecular flexibility index (Phi) is 4.37. The molecule has 0 aliphatic heterocycles. The Morgan fingerprint density at radius 1 is 1.62 bits per heavy atom. The molecule has 0 fully saturated rings. The minimum Gasteiger partial charge on any atom is -0.481 e. The lowest BCUT2D eigenvalue weighted by Gasteiger charge is -2.11. The molecule has 2 N–H and O–H groups in total. The molecule has 0 spiro atoms. The van der Waals surface area contributed by atoms with Crippen molar-refractivity contribution in [3.63, 3.8) is 0 Å². The predicted octanol–water partition coefficient (Wildman–Crippen LogP) is 1.92. The largest absolute Gasteiger partial charge is 0.481 e. The second kappa shape index (κ2) is 5.55. The summed E-state index contributed by atoms with van der Waals surface area (Å²) >= 11 is 5.62. The molecular weight excluding hydrogens is 234 g/mol. The van der Waals surface area contributed by atoms with E-state index >= 15 is 0 Å². The lowest BCUT2D eigenvalue weighted by Crippen LogP contribution is -2.32. The molecule has 88 valence electrons. The van der Waals surface area contributed by atoms with Crippen LogP contribution in [0, 0.1) is 0 Å². The number of halogens is 1. The molecule has 0 saturated heterocycles. The fourth-order valence-corrected chi connectivity index (χ4v) is 1.37. The minimum absolute atomic E-state index is 0.0145. The number of aliphatic carboxylic acids is 1. The number of hydrogen-bond donors (Lipinski definition) is 2. The highest BCUT2D eigenvalue weighted by Gasteiger charge is 2.15. The van der Waals surface area contributed by atoms with Crippen LogP contribution < -0.4 is 5.32 Å². The van der Waals surface area contributed by atoms with Crippen molar-refractivity contribution in [2.75, 3.05) is 0 Å². The highest BCUT2D eigenvalue weighted by Crippen LogP contribution is 2.16. The maximum absolute atomic E-state index is 11.6. The summed E-state index contributed by atoms with van der Waals surface area (Å²) in [6.45, 7) is 1.73. The second-order valence-electron chi connectivity index (χ2n) is 3.41. The molecule has 1 rings (SSSR count). The molecule has 1 unspecified atom stereocenters.